The molecule has 0 atom stereocenters. The Hall–Kier alpha value is -1.88. The SMILES string of the molecule is CCOCCC(=O)NCc1ccccc1CC(=O)O. The molecule has 2 N–H and O–H groups in total. The molecule has 0 fully saturated rings. The highest BCUT2D eigenvalue weighted by molar-refractivity contribution is 5.76. The van der Waals surface area contributed by atoms with Crippen molar-refractivity contribution in [2.45, 2.75) is 26.3 Å². The molecule has 0 aliphatic carbocycles. The van der Waals surface area contributed by atoms with Crippen LogP contribution in [0.5, 0.6) is 0 Å². The van der Waals surface area contributed by atoms with Crippen molar-refractivity contribution in [3.8, 4) is 0 Å². The first-order valence-corrected chi connectivity index (χ1v) is 6.26. The van der Waals surface area contributed by atoms with Gasteiger partial charge in [-0.15, -0.1) is 0 Å². The summed E-state index contributed by atoms with van der Waals surface area (Å²) < 4.78 is 5.09. The largest absolute Gasteiger partial charge is 0.481 e. The molecule has 0 bridgehead atoms. The summed E-state index contributed by atoms with van der Waals surface area (Å²) in [5.74, 6) is -0.978. The molecule has 104 valence electrons. The number of carboxylic acid groups (broad SMARTS) is 1. The zero-order valence-electron chi connectivity index (χ0n) is 11.0. The average Bonchev–Trinajstić information content (AvgIpc) is 2.37. The fourth-order valence-corrected chi connectivity index (χ4v) is 1.66. The smallest absolute Gasteiger partial charge is 0.307 e. The van der Waals surface area contributed by atoms with E-state index in [4.69, 9.17) is 9.84 Å². The van der Waals surface area contributed by atoms with Gasteiger partial charge in [-0.3, -0.25) is 9.59 Å². The highest BCUT2D eigenvalue weighted by atomic mass is 16.5. The first-order chi connectivity index (χ1) is 9.13. The topological polar surface area (TPSA) is 75.6 Å². The third kappa shape index (κ3) is 6.01. The molecule has 0 radical (unpaired) electrons. The molecule has 0 unspecified atom stereocenters. The Labute approximate surface area is 112 Å². The first-order valence-electron chi connectivity index (χ1n) is 6.26. The second-order valence-electron chi connectivity index (χ2n) is 4.06. The summed E-state index contributed by atoms with van der Waals surface area (Å²) in [5.41, 5.74) is 1.55. The summed E-state index contributed by atoms with van der Waals surface area (Å²) >= 11 is 0. The zero-order chi connectivity index (χ0) is 14.1. The Kier molecular flexibility index (Phi) is 6.60. The molecule has 1 aromatic rings. The number of benzene rings is 1. The highest BCUT2D eigenvalue weighted by Gasteiger charge is 2.07. The fourth-order valence-electron chi connectivity index (χ4n) is 1.66. The number of hydrogen-bond donors (Lipinski definition) is 2. The second-order valence-corrected chi connectivity index (χ2v) is 4.06. The normalized spacial score (nSPS) is 10.2. The number of aliphatic carboxylic acids is 1. The van der Waals surface area contributed by atoms with Crippen LogP contribution >= 0.6 is 0 Å². The monoisotopic (exact) mass is 265 g/mol. The molecule has 0 heterocycles. The van der Waals surface area contributed by atoms with E-state index in [1.54, 1.807) is 12.1 Å². The van der Waals surface area contributed by atoms with Crippen LogP contribution < -0.4 is 5.32 Å². The lowest BCUT2D eigenvalue weighted by Crippen LogP contribution is -2.24. The molecular formula is C14H19NO4. The van der Waals surface area contributed by atoms with Crippen LogP contribution in [0.25, 0.3) is 0 Å². The van der Waals surface area contributed by atoms with E-state index in [2.05, 4.69) is 5.32 Å². The van der Waals surface area contributed by atoms with E-state index in [-0.39, 0.29) is 12.3 Å². The Balaban J connectivity index is 2.48. The lowest BCUT2D eigenvalue weighted by atomic mass is 10.0. The van der Waals surface area contributed by atoms with Crippen molar-refractivity contribution >= 4 is 11.9 Å². The van der Waals surface area contributed by atoms with Crippen molar-refractivity contribution < 1.29 is 19.4 Å². The van der Waals surface area contributed by atoms with Crippen LogP contribution in [0.3, 0.4) is 0 Å². The number of amides is 1. The minimum Gasteiger partial charge on any atom is -0.481 e. The van der Waals surface area contributed by atoms with E-state index in [9.17, 15) is 9.59 Å². The summed E-state index contributed by atoms with van der Waals surface area (Å²) in [5, 5.41) is 11.6. The minimum absolute atomic E-state index is 0.0367. The van der Waals surface area contributed by atoms with Crippen LogP contribution in [0.2, 0.25) is 0 Å². The van der Waals surface area contributed by atoms with Crippen molar-refractivity contribution in [3.63, 3.8) is 0 Å². The molecule has 1 rings (SSSR count). The van der Waals surface area contributed by atoms with E-state index in [1.807, 2.05) is 19.1 Å². The predicted molar refractivity (Wildman–Crippen MR) is 70.7 cm³/mol. The van der Waals surface area contributed by atoms with Crippen LogP contribution in [-0.4, -0.2) is 30.2 Å². The van der Waals surface area contributed by atoms with Gasteiger partial charge in [0.15, 0.2) is 0 Å². The van der Waals surface area contributed by atoms with Crippen molar-refractivity contribution in [1.82, 2.24) is 5.32 Å². The average molecular weight is 265 g/mol. The van der Waals surface area contributed by atoms with Gasteiger partial charge in [-0.05, 0) is 18.1 Å². The number of carbonyl (C=O) groups is 2. The van der Waals surface area contributed by atoms with E-state index < -0.39 is 5.97 Å². The van der Waals surface area contributed by atoms with Crippen LogP contribution in [0.15, 0.2) is 24.3 Å². The molecule has 5 nitrogen and oxygen atoms in total. The maximum atomic E-state index is 11.5. The summed E-state index contributed by atoms with van der Waals surface area (Å²) in [4.78, 5) is 22.2. The van der Waals surface area contributed by atoms with Crippen LogP contribution in [0, 0.1) is 0 Å². The standard InChI is InChI=1S/C14H19NO4/c1-2-19-8-7-13(16)15-10-12-6-4-3-5-11(12)9-14(17)18/h3-6H,2,7-10H2,1H3,(H,15,16)(H,17,18). The van der Waals surface area contributed by atoms with E-state index in [1.165, 1.54) is 0 Å². The van der Waals surface area contributed by atoms with Gasteiger partial charge in [0.25, 0.3) is 0 Å². The van der Waals surface area contributed by atoms with Gasteiger partial charge in [0.05, 0.1) is 13.0 Å². The van der Waals surface area contributed by atoms with Crippen LogP contribution in [0.1, 0.15) is 24.5 Å². The molecule has 0 saturated carbocycles. The van der Waals surface area contributed by atoms with E-state index >= 15 is 0 Å². The molecule has 0 aliphatic heterocycles. The van der Waals surface area contributed by atoms with Gasteiger partial charge in [0, 0.05) is 19.6 Å². The highest BCUT2D eigenvalue weighted by Crippen LogP contribution is 2.09. The lowest BCUT2D eigenvalue weighted by molar-refractivity contribution is -0.136. The maximum Gasteiger partial charge on any atom is 0.307 e. The molecule has 19 heavy (non-hydrogen) atoms. The molecule has 0 spiro atoms. The van der Waals surface area contributed by atoms with E-state index in [0.29, 0.717) is 26.2 Å². The molecule has 0 aliphatic rings. The third-order valence-corrected chi connectivity index (χ3v) is 2.61. The number of carbonyl (C=O) groups excluding carboxylic acids is 1. The summed E-state index contributed by atoms with van der Waals surface area (Å²) in [7, 11) is 0. The third-order valence-electron chi connectivity index (χ3n) is 2.61. The number of ether oxygens (including phenoxy) is 1. The number of nitrogens with one attached hydrogen (secondary N) is 1. The zero-order valence-corrected chi connectivity index (χ0v) is 11.0. The number of rotatable bonds is 8. The van der Waals surface area contributed by atoms with Gasteiger partial charge in [0.1, 0.15) is 0 Å². The van der Waals surface area contributed by atoms with Crippen LogP contribution in [0.4, 0.5) is 0 Å². The predicted octanol–water partition coefficient (Wildman–Crippen LogP) is 1.36. The van der Waals surface area contributed by atoms with Crippen molar-refractivity contribution in [2.24, 2.45) is 0 Å². The molecule has 1 amide bonds. The molecule has 0 aromatic heterocycles. The van der Waals surface area contributed by atoms with Gasteiger partial charge in [0.2, 0.25) is 5.91 Å². The molecule has 1 aromatic carbocycles. The number of hydrogen-bond acceptors (Lipinski definition) is 3. The lowest BCUT2D eigenvalue weighted by Gasteiger charge is -2.09. The fraction of sp³-hybridized carbons (Fsp3) is 0.429. The quantitative estimate of drug-likeness (QED) is 0.696. The Morgan fingerprint density at radius 3 is 2.58 bits per heavy atom. The van der Waals surface area contributed by atoms with Crippen LogP contribution in [-0.2, 0) is 27.3 Å². The van der Waals surface area contributed by atoms with Gasteiger partial charge < -0.3 is 15.2 Å². The Bertz CT molecular complexity index is 431. The molecular weight excluding hydrogens is 246 g/mol. The summed E-state index contributed by atoms with van der Waals surface area (Å²) in [6.07, 6.45) is 0.278. The Morgan fingerprint density at radius 1 is 1.26 bits per heavy atom. The van der Waals surface area contributed by atoms with E-state index in [0.717, 1.165) is 11.1 Å². The second kappa shape index (κ2) is 8.26. The van der Waals surface area contributed by atoms with Crippen molar-refractivity contribution in [2.75, 3.05) is 13.2 Å². The summed E-state index contributed by atoms with van der Waals surface area (Å²) in [6, 6.07) is 7.20. The Morgan fingerprint density at radius 2 is 1.95 bits per heavy atom. The van der Waals surface area contributed by atoms with Gasteiger partial charge >= 0.3 is 5.97 Å². The molecule has 0 saturated heterocycles. The first kappa shape index (κ1) is 15.2. The van der Waals surface area contributed by atoms with Gasteiger partial charge in [-0.1, -0.05) is 24.3 Å². The maximum absolute atomic E-state index is 11.5. The summed E-state index contributed by atoms with van der Waals surface area (Å²) in [6.45, 7) is 3.21. The molecule has 5 heteroatoms. The van der Waals surface area contributed by atoms with Crippen molar-refractivity contribution in [3.05, 3.63) is 35.4 Å². The van der Waals surface area contributed by atoms with Gasteiger partial charge in [-0.25, -0.2) is 0 Å². The van der Waals surface area contributed by atoms with Crippen molar-refractivity contribution in [1.29, 1.82) is 0 Å². The minimum atomic E-state index is -0.880. The van der Waals surface area contributed by atoms with Gasteiger partial charge in [-0.2, -0.15) is 0 Å². The number of carboxylic acids is 1.